The molecule has 1 aliphatic heterocycles. The van der Waals surface area contributed by atoms with E-state index in [1.807, 2.05) is 24.3 Å². The molecule has 0 spiro atoms. The Morgan fingerprint density at radius 2 is 2.31 bits per heavy atom. The quantitative estimate of drug-likeness (QED) is 0.751. The van der Waals surface area contributed by atoms with Gasteiger partial charge in [-0.1, -0.05) is 12.1 Å². The Labute approximate surface area is 99.0 Å². The lowest BCUT2D eigenvalue weighted by Crippen LogP contribution is -2.30. The lowest BCUT2D eigenvalue weighted by Gasteiger charge is -2.20. The van der Waals surface area contributed by atoms with Gasteiger partial charge in [-0.25, -0.2) is 0 Å². The molecule has 0 bridgehead atoms. The van der Waals surface area contributed by atoms with Crippen LogP contribution in [0.3, 0.4) is 0 Å². The van der Waals surface area contributed by atoms with Crippen LogP contribution in [-0.2, 0) is 0 Å². The summed E-state index contributed by atoms with van der Waals surface area (Å²) in [6.07, 6.45) is 2.29. The molecule has 1 aliphatic rings. The summed E-state index contributed by atoms with van der Waals surface area (Å²) in [6.45, 7) is 0.990. The van der Waals surface area contributed by atoms with Crippen LogP contribution in [0.25, 0.3) is 11.1 Å². The second-order valence-electron chi connectivity index (χ2n) is 4.11. The van der Waals surface area contributed by atoms with Crippen molar-refractivity contribution in [2.45, 2.75) is 18.9 Å². The van der Waals surface area contributed by atoms with E-state index in [9.17, 15) is 0 Å². The number of oxazole rings is 1. The highest BCUT2D eigenvalue weighted by Crippen LogP contribution is 2.28. The van der Waals surface area contributed by atoms with Crippen molar-refractivity contribution >= 4 is 28.7 Å². The third-order valence-corrected chi connectivity index (χ3v) is 3.44. The molecule has 84 valence electrons. The van der Waals surface area contributed by atoms with Gasteiger partial charge >= 0.3 is 0 Å². The minimum Gasteiger partial charge on any atom is -0.423 e. The van der Waals surface area contributed by atoms with Crippen LogP contribution >= 0.6 is 11.6 Å². The predicted octanol–water partition coefficient (Wildman–Crippen LogP) is 3.04. The molecule has 4 heteroatoms. The number of benzene rings is 1. The van der Waals surface area contributed by atoms with Gasteiger partial charge in [0.2, 0.25) is 0 Å². The zero-order valence-electron chi connectivity index (χ0n) is 8.90. The maximum Gasteiger partial charge on any atom is 0.298 e. The number of nitrogens with zero attached hydrogens (tertiary/aromatic N) is 2. The number of hydrogen-bond donors (Lipinski definition) is 0. The van der Waals surface area contributed by atoms with Gasteiger partial charge in [-0.3, -0.25) is 0 Å². The van der Waals surface area contributed by atoms with E-state index in [2.05, 4.69) is 9.88 Å². The molecule has 1 atom stereocenters. The van der Waals surface area contributed by atoms with Crippen molar-refractivity contribution in [2.24, 2.45) is 0 Å². The summed E-state index contributed by atoms with van der Waals surface area (Å²) in [7, 11) is 0. The lowest BCUT2D eigenvalue weighted by atomic mass is 10.2. The SMILES string of the molecule is ClCC1CCCN1c1nc2ccccc2o1. The second kappa shape index (κ2) is 3.98. The zero-order valence-corrected chi connectivity index (χ0v) is 9.65. The topological polar surface area (TPSA) is 29.3 Å². The van der Waals surface area contributed by atoms with E-state index in [-0.39, 0.29) is 0 Å². The number of halogens is 1. The summed E-state index contributed by atoms with van der Waals surface area (Å²) < 4.78 is 5.74. The summed E-state index contributed by atoms with van der Waals surface area (Å²) in [4.78, 5) is 6.67. The minimum absolute atomic E-state index is 0.370. The average Bonchev–Trinajstić information content (AvgIpc) is 2.94. The first-order valence-electron chi connectivity index (χ1n) is 5.56. The molecule has 0 saturated carbocycles. The molecule has 3 nitrogen and oxygen atoms in total. The number of alkyl halides is 1. The van der Waals surface area contributed by atoms with Gasteiger partial charge in [-0.2, -0.15) is 4.98 Å². The van der Waals surface area contributed by atoms with Gasteiger partial charge in [0, 0.05) is 18.5 Å². The average molecular weight is 237 g/mol. The van der Waals surface area contributed by atoms with Crippen LogP contribution in [0.4, 0.5) is 6.01 Å². The maximum absolute atomic E-state index is 5.94. The molecule has 1 saturated heterocycles. The predicted molar refractivity (Wildman–Crippen MR) is 65.1 cm³/mol. The van der Waals surface area contributed by atoms with Crippen LogP contribution in [0.1, 0.15) is 12.8 Å². The molecule has 0 radical (unpaired) electrons. The minimum atomic E-state index is 0.370. The van der Waals surface area contributed by atoms with E-state index >= 15 is 0 Å². The van der Waals surface area contributed by atoms with Gasteiger partial charge in [-0.05, 0) is 25.0 Å². The van der Waals surface area contributed by atoms with Crippen LogP contribution < -0.4 is 4.90 Å². The smallest absolute Gasteiger partial charge is 0.298 e. The van der Waals surface area contributed by atoms with Crippen molar-refractivity contribution in [1.82, 2.24) is 4.98 Å². The van der Waals surface area contributed by atoms with E-state index in [1.54, 1.807) is 0 Å². The fraction of sp³-hybridized carbons (Fsp3) is 0.417. The largest absolute Gasteiger partial charge is 0.423 e. The molecular weight excluding hydrogens is 224 g/mol. The van der Waals surface area contributed by atoms with Crippen LogP contribution in [0.2, 0.25) is 0 Å². The van der Waals surface area contributed by atoms with Crippen molar-refractivity contribution in [3.63, 3.8) is 0 Å². The van der Waals surface area contributed by atoms with E-state index < -0.39 is 0 Å². The van der Waals surface area contributed by atoms with Gasteiger partial charge in [0.1, 0.15) is 5.52 Å². The van der Waals surface area contributed by atoms with Crippen LogP contribution in [-0.4, -0.2) is 23.5 Å². The second-order valence-corrected chi connectivity index (χ2v) is 4.42. The van der Waals surface area contributed by atoms with Crippen LogP contribution in [0.15, 0.2) is 28.7 Å². The lowest BCUT2D eigenvalue weighted by molar-refractivity contribution is 0.563. The summed E-state index contributed by atoms with van der Waals surface area (Å²) in [6, 6.07) is 8.92. The molecule has 2 heterocycles. The molecular formula is C12H13ClN2O. The first-order valence-corrected chi connectivity index (χ1v) is 6.10. The highest BCUT2D eigenvalue weighted by atomic mass is 35.5. The van der Waals surface area contributed by atoms with E-state index in [4.69, 9.17) is 16.0 Å². The summed E-state index contributed by atoms with van der Waals surface area (Å²) in [5, 5.41) is 0. The normalized spacial score (nSPS) is 20.8. The van der Waals surface area contributed by atoms with Crippen molar-refractivity contribution in [3.05, 3.63) is 24.3 Å². The molecule has 1 aromatic carbocycles. The van der Waals surface area contributed by atoms with Gasteiger partial charge < -0.3 is 9.32 Å². The molecule has 0 aliphatic carbocycles. The number of rotatable bonds is 2. The Morgan fingerprint density at radius 1 is 1.44 bits per heavy atom. The first kappa shape index (κ1) is 9.97. The highest BCUT2D eigenvalue weighted by molar-refractivity contribution is 6.18. The molecule has 1 unspecified atom stereocenters. The fourth-order valence-corrected chi connectivity index (χ4v) is 2.55. The number of para-hydroxylation sites is 2. The first-order chi connectivity index (χ1) is 7.88. The number of anilines is 1. The molecule has 1 aromatic heterocycles. The van der Waals surface area contributed by atoms with E-state index in [1.165, 1.54) is 0 Å². The molecule has 1 fully saturated rings. The summed E-state index contributed by atoms with van der Waals surface area (Å²) in [5.74, 6) is 0.638. The Kier molecular flexibility index (Phi) is 2.48. The van der Waals surface area contributed by atoms with Crippen molar-refractivity contribution < 1.29 is 4.42 Å². The maximum atomic E-state index is 5.94. The molecule has 16 heavy (non-hydrogen) atoms. The van der Waals surface area contributed by atoms with Gasteiger partial charge in [0.15, 0.2) is 5.58 Å². The van der Waals surface area contributed by atoms with Crippen molar-refractivity contribution in [3.8, 4) is 0 Å². The third-order valence-electron chi connectivity index (χ3n) is 3.08. The Hall–Kier alpha value is -1.22. The van der Waals surface area contributed by atoms with Gasteiger partial charge in [-0.15, -0.1) is 11.6 Å². The van der Waals surface area contributed by atoms with Crippen molar-refractivity contribution in [2.75, 3.05) is 17.3 Å². The molecule has 2 aromatic rings. The molecule has 0 N–H and O–H groups in total. The number of fused-ring (bicyclic) bond motifs is 1. The van der Waals surface area contributed by atoms with E-state index in [0.717, 1.165) is 30.5 Å². The Morgan fingerprint density at radius 3 is 3.12 bits per heavy atom. The van der Waals surface area contributed by atoms with Gasteiger partial charge in [0.05, 0.1) is 0 Å². The summed E-state index contributed by atoms with van der Waals surface area (Å²) in [5.41, 5.74) is 1.76. The fourth-order valence-electron chi connectivity index (χ4n) is 2.23. The van der Waals surface area contributed by atoms with E-state index in [0.29, 0.717) is 17.9 Å². The van der Waals surface area contributed by atoms with Gasteiger partial charge in [0.25, 0.3) is 6.01 Å². The van der Waals surface area contributed by atoms with Crippen molar-refractivity contribution in [1.29, 1.82) is 0 Å². The zero-order chi connectivity index (χ0) is 11.0. The third kappa shape index (κ3) is 1.55. The summed E-state index contributed by atoms with van der Waals surface area (Å²) >= 11 is 5.94. The molecule has 3 rings (SSSR count). The monoisotopic (exact) mass is 236 g/mol. The Bertz CT molecular complexity index is 463. The van der Waals surface area contributed by atoms with Crippen LogP contribution in [0, 0.1) is 0 Å². The standard InChI is InChI=1S/C12H13ClN2O/c13-8-9-4-3-7-15(9)12-14-10-5-1-2-6-11(10)16-12/h1-2,5-6,9H,3-4,7-8H2. The molecule has 0 amide bonds. The highest BCUT2D eigenvalue weighted by Gasteiger charge is 2.27. The Balaban J connectivity index is 1.99. The van der Waals surface area contributed by atoms with Crippen LogP contribution in [0.5, 0.6) is 0 Å². The number of aromatic nitrogens is 1. The number of hydrogen-bond acceptors (Lipinski definition) is 3.